The highest BCUT2D eigenvalue weighted by Crippen LogP contribution is 2.33. The van der Waals surface area contributed by atoms with Gasteiger partial charge in [-0.1, -0.05) is 43.7 Å². The third kappa shape index (κ3) is 4.77. The lowest BCUT2D eigenvalue weighted by Gasteiger charge is -2.43. The van der Waals surface area contributed by atoms with Crippen molar-refractivity contribution in [3.63, 3.8) is 0 Å². The Bertz CT molecular complexity index is 665. The predicted octanol–water partition coefficient (Wildman–Crippen LogP) is 4.01. The molecule has 2 N–H and O–H groups in total. The maximum absolute atomic E-state index is 11.1. The van der Waals surface area contributed by atoms with Crippen molar-refractivity contribution in [1.82, 2.24) is 5.32 Å². The maximum Gasteiger partial charge on any atom is 0.208 e. The van der Waals surface area contributed by atoms with Crippen molar-refractivity contribution in [2.45, 2.75) is 51.2 Å². The van der Waals surface area contributed by atoms with Gasteiger partial charge in [-0.3, -0.25) is 0 Å². The van der Waals surface area contributed by atoms with Crippen molar-refractivity contribution in [3.8, 4) is 5.75 Å². The fourth-order valence-electron chi connectivity index (χ4n) is 3.24. The molecule has 26 heavy (non-hydrogen) atoms. The minimum absolute atomic E-state index is 0. The van der Waals surface area contributed by atoms with Crippen LogP contribution in [0.1, 0.15) is 37.8 Å². The van der Waals surface area contributed by atoms with Crippen molar-refractivity contribution in [2.24, 2.45) is 0 Å². The van der Waals surface area contributed by atoms with Gasteiger partial charge in [0.1, 0.15) is 12.4 Å². The number of aliphatic hydroxyl groups is 1. The van der Waals surface area contributed by atoms with Gasteiger partial charge in [-0.05, 0) is 43.2 Å². The average molecular weight is 378 g/mol. The molecule has 0 aliphatic carbocycles. The lowest BCUT2D eigenvalue weighted by molar-refractivity contribution is -0.257. The minimum atomic E-state index is -1.29. The highest BCUT2D eigenvalue weighted by molar-refractivity contribution is 5.85. The van der Waals surface area contributed by atoms with E-state index >= 15 is 0 Å². The molecule has 2 aromatic rings. The largest absolute Gasteiger partial charge is 0.489 e. The van der Waals surface area contributed by atoms with Gasteiger partial charge in [-0.2, -0.15) is 0 Å². The lowest BCUT2D eigenvalue weighted by atomic mass is 9.92. The van der Waals surface area contributed by atoms with Crippen molar-refractivity contribution < 1.29 is 14.6 Å². The molecule has 0 saturated carbocycles. The van der Waals surface area contributed by atoms with Gasteiger partial charge >= 0.3 is 0 Å². The molecule has 0 amide bonds. The predicted molar refractivity (Wildman–Crippen MR) is 106 cm³/mol. The van der Waals surface area contributed by atoms with E-state index in [1.165, 1.54) is 0 Å². The third-order valence-electron chi connectivity index (χ3n) is 4.61. The van der Waals surface area contributed by atoms with E-state index in [2.05, 4.69) is 19.2 Å². The van der Waals surface area contributed by atoms with E-state index in [0.29, 0.717) is 13.2 Å². The topological polar surface area (TPSA) is 50.7 Å². The van der Waals surface area contributed by atoms with E-state index in [0.717, 1.165) is 29.7 Å². The van der Waals surface area contributed by atoms with E-state index in [-0.39, 0.29) is 24.5 Å². The van der Waals surface area contributed by atoms with Crippen LogP contribution in [0.5, 0.6) is 5.75 Å². The van der Waals surface area contributed by atoms with Gasteiger partial charge in [0.2, 0.25) is 5.79 Å². The van der Waals surface area contributed by atoms with Crippen LogP contribution < -0.4 is 10.1 Å². The highest BCUT2D eigenvalue weighted by atomic mass is 35.5. The van der Waals surface area contributed by atoms with Crippen LogP contribution in [0.15, 0.2) is 54.6 Å². The molecule has 1 aliphatic heterocycles. The van der Waals surface area contributed by atoms with Crippen LogP contribution in [0.2, 0.25) is 0 Å². The summed E-state index contributed by atoms with van der Waals surface area (Å²) in [6.45, 7) is 5.20. The van der Waals surface area contributed by atoms with E-state index < -0.39 is 5.79 Å². The first-order chi connectivity index (χ1) is 12.1. The molecule has 142 valence electrons. The molecule has 3 atom stereocenters. The summed E-state index contributed by atoms with van der Waals surface area (Å²) in [5.74, 6) is -0.513. The Labute approximate surface area is 161 Å². The number of hydrogen-bond donors (Lipinski definition) is 2. The molecule has 0 bridgehead atoms. The van der Waals surface area contributed by atoms with Crippen molar-refractivity contribution in [3.05, 3.63) is 65.7 Å². The zero-order valence-corrected chi connectivity index (χ0v) is 16.2. The first kappa shape index (κ1) is 20.7. The molecular weight excluding hydrogens is 350 g/mol. The molecule has 2 aromatic carbocycles. The van der Waals surface area contributed by atoms with Crippen LogP contribution >= 0.6 is 12.4 Å². The van der Waals surface area contributed by atoms with Gasteiger partial charge in [0.15, 0.2) is 0 Å². The second-order valence-corrected chi connectivity index (χ2v) is 6.72. The summed E-state index contributed by atoms with van der Waals surface area (Å²) in [7, 11) is 0. The Balaban J connectivity index is 0.00000243. The molecule has 0 radical (unpaired) electrons. The van der Waals surface area contributed by atoms with E-state index in [9.17, 15) is 5.11 Å². The zero-order valence-electron chi connectivity index (χ0n) is 15.4. The van der Waals surface area contributed by atoms with Crippen LogP contribution in [0.4, 0.5) is 0 Å². The number of rotatable bonds is 6. The van der Waals surface area contributed by atoms with Gasteiger partial charge in [0.05, 0.1) is 12.6 Å². The van der Waals surface area contributed by atoms with Crippen LogP contribution in [0.25, 0.3) is 0 Å². The summed E-state index contributed by atoms with van der Waals surface area (Å²) in [5, 5.41) is 14.6. The number of halogens is 1. The standard InChI is InChI=1S/C21H27NO3.ClH/c1-3-7-20-21(23,25-14-16(2)22-20)18-10-12-19(13-11-18)24-15-17-8-5-4-6-9-17;/h4-6,8-13,16,20,22-23H,3,7,14-15H2,1-2H3;1H/t16-,20+,21+;/m1./s1. The Kier molecular flexibility index (Phi) is 7.47. The SMILES string of the molecule is CCC[C@@H]1N[C@H](C)CO[C@@]1(O)c1ccc(OCc2ccccc2)cc1.Cl. The van der Waals surface area contributed by atoms with Gasteiger partial charge in [-0.15, -0.1) is 12.4 Å². The summed E-state index contributed by atoms with van der Waals surface area (Å²) in [6.07, 6.45) is 1.83. The number of morpholine rings is 1. The number of ether oxygens (including phenoxy) is 2. The summed E-state index contributed by atoms with van der Waals surface area (Å²) in [6, 6.07) is 17.7. The third-order valence-corrected chi connectivity index (χ3v) is 4.61. The van der Waals surface area contributed by atoms with Crippen LogP contribution in [0, 0.1) is 0 Å². The highest BCUT2D eigenvalue weighted by Gasteiger charge is 2.43. The Morgan fingerprint density at radius 3 is 2.50 bits per heavy atom. The summed E-state index contributed by atoms with van der Waals surface area (Å²) in [5.41, 5.74) is 1.89. The summed E-state index contributed by atoms with van der Waals surface area (Å²) in [4.78, 5) is 0. The Morgan fingerprint density at radius 2 is 1.85 bits per heavy atom. The average Bonchev–Trinajstić information content (AvgIpc) is 2.65. The van der Waals surface area contributed by atoms with E-state index in [1.807, 2.05) is 54.6 Å². The molecule has 4 nitrogen and oxygen atoms in total. The fraction of sp³-hybridized carbons (Fsp3) is 0.429. The maximum atomic E-state index is 11.1. The van der Waals surface area contributed by atoms with E-state index in [1.54, 1.807) is 0 Å². The molecule has 0 aromatic heterocycles. The molecule has 1 saturated heterocycles. The van der Waals surface area contributed by atoms with Crippen LogP contribution in [-0.4, -0.2) is 23.8 Å². The minimum Gasteiger partial charge on any atom is -0.489 e. The number of hydrogen-bond acceptors (Lipinski definition) is 4. The fourth-order valence-corrected chi connectivity index (χ4v) is 3.24. The molecule has 0 spiro atoms. The molecule has 1 heterocycles. The molecule has 5 heteroatoms. The monoisotopic (exact) mass is 377 g/mol. The Morgan fingerprint density at radius 1 is 1.15 bits per heavy atom. The lowest BCUT2D eigenvalue weighted by Crippen LogP contribution is -2.59. The first-order valence-corrected chi connectivity index (χ1v) is 9.01. The zero-order chi connectivity index (χ0) is 17.7. The molecule has 1 fully saturated rings. The summed E-state index contributed by atoms with van der Waals surface area (Å²) < 4.78 is 11.7. The summed E-state index contributed by atoms with van der Waals surface area (Å²) >= 11 is 0. The van der Waals surface area contributed by atoms with Gasteiger partial charge in [0, 0.05) is 11.6 Å². The van der Waals surface area contributed by atoms with E-state index in [4.69, 9.17) is 9.47 Å². The van der Waals surface area contributed by atoms with Crippen molar-refractivity contribution in [1.29, 1.82) is 0 Å². The Hall–Kier alpha value is -1.59. The van der Waals surface area contributed by atoms with Crippen LogP contribution in [-0.2, 0) is 17.1 Å². The molecule has 0 unspecified atom stereocenters. The second kappa shape index (κ2) is 9.38. The molecular formula is C21H28ClNO3. The van der Waals surface area contributed by atoms with Gasteiger partial charge in [0.25, 0.3) is 0 Å². The van der Waals surface area contributed by atoms with Crippen molar-refractivity contribution in [2.75, 3.05) is 6.61 Å². The molecule has 3 rings (SSSR count). The first-order valence-electron chi connectivity index (χ1n) is 9.01. The second-order valence-electron chi connectivity index (χ2n) is 6.72. The molecule has 1 aliphatic rings. The van der Waals surface area contributed by atoms with Crippen LogP contribution in [0.3, 0.4) is 0 Å². The normalized spacial score (nSPS) is 25.3. The smallest absolute Gasteiger partial charge is 0.208 e. The van der Waals surface area contributed by atoms with Gasteiger partial charge < -0.3 is 19.9 Å². The van der Waals surface area contributed by atoms with Crippen molar-refractivity contribution >= 4 is 12.4 Å². The number of benzene rings is 2. The quantitative estimate of drug-likeness (QED) is 0.798. The van der Waals surface area contributed by atoms with Gasteiger partial charge in [-0.25, -0.2) is 0 Å². The number of nitrogens with one attached hydrogen (secondary N) is 1.